The molecule has 0 aromatic heterocycles. The molecule has 0 heterocycles. The van der Waals surface area contributed by atoms with Gasteiger partial charge in [0.15, 0.2) is 5.78 Å². The minimum absolute atomic E-state index is 0.0369. The summed E-state index contributed by atoms with van der Waals surface area (Å²) >= 11 is 0. The maximum Gasteiger partial charge on any atom is 0.313 e. The first-order chi connectivity index (χ1) is 13.1. The van der Waals surface area contributed by atoms with Crippen LogP contribution in [0.1, 0.15) is 79.8 Å². The van der Waals surface area contributed by atoms with Gasteiger partial charge in [0.25, 0.3) is 0 Å². The third kappa shape index (κ3) is 6.67. The molecule has 27 heavy (non-hydrogen) atoms. The molecular formula is C24H30O3. The molecule has 3 heteroatoms. The zero-order valence-electron chi connectivity index (χ0n) is 16.4. The number of rotatable bonds is 11. The Labute approximate surface area is 162 Å². The van der Waals surface area contributed by atoms with Gasteiger partial charge in [-0.15, -0.1) is 0 Å². The number of hydrogen-bond donors (Lipinski definition) is 0. The molecule has 144 valence electrons. The number of hydrogen-bond acceptors (Lipinski definition) is 3. The van der Waals surface area contributed by atoms with Gasteiger partial charge in [-0.1, -0.05) is 87.6 Å². The van der Waals surface area contributed by atoms with Crippen molar-refractivity contribution in [3.63, 3.8) is 0 Å². The Morgan fingerprint density at radius 1 is 0.852 bits per heavy atom. The Kier molecular flexibility index (Phi) is 8.76. The van der Waals surface area contributed by atoms with Gasteiger partial charge in [-0.2, -0.15) is 0 Å². The van der Waals surface area contributed by atoms with E-state index in [1.165, 1.54) is 25.7 Å². The van der Waals surface area contributed by atoms with Gasteiger partial charge >= 0.3 is 5.97 Å². The van der Waals surface area contributed by atoms with Crippen LogP contribution in [0.2, 0.25) is 0 Å². The first-order valence-corrected chi connectivity index (χ1v) is 9.99. The first kappa shape index (κ1) is 20.9. The minimum atomic E-state index is -0.381. The Balaban J connectivity index is 1.88. The van der Waals surface area contributed by atoms with Gasteiger partial charge in [0, 0.05) is 11.1 Å². The fraction of sp³-hybridized carbons (Fsp3) is 0.417. The van der Waals surface area contributed by atoms with Crippen molar-refractivity contribution in [1.29, 1.82) is 0 Å². The normalized spacial score (nSPS) is 11.8. The summed E-state index contributed by atoms with van der Waals surface area (Å²) in [7, 11) is 0. The molecule has 0 fully saturated rings. The highest BCUT2D eigenvalue weighted by atomic mass is 16.5. The van der Waals surface area contributed by atoms with Crippen LogP contribution in [0.4, 0.5) is 0 Å². The molecule has 0 spiro atoms. The van der Waals surface area contributed by atoms with Crippen LogP contribution in [0.3, 0.4) is 0 Å². The second kappa shape index (κ2) is 11.3. The van der Waals surface area contributed by atoms with Crippen LogP contribution >= 0.6 is 0 Å². The highest BCUT2D eigenvalue weighted by Crippen LogP contribution is 2.20. The Bertz CT molecular complexity index is 721. The fourth-order valence-corrected chi connectivity index (χ4v) is 3.02. The molecule has 0 aliphatic carbocycles. The predicted octanol–water partition coefficient (Wildman–Crippen LogP) is 5.92. The monoisotopic (exact) mass is 366 g/mol. The van der Waals surface area contributed by atoms with E-state index in [0.717, 1.165) is 18.4 Å². The van der Waals surface area contributed by atoms with E-state index in [1.54, 1.807) is 24.3 Å². The number of benzene rings is 2. The van der Waals surface area contributed by atoms with Crippen LogP contribution < -0.4 is 0 Å². The largest absolute Gasteiger partial charge is 0.465 e. The Morgan fingerprint density at radius 3 is 2.26 bits per heavy atom. The molecule has 0 saturated heterocycles. The van der Waals surface area contributed by atoms with Gasteiger partial charge in [-0.05, 0) is 25.0 Å². The van der Waals surface area contributed by atoms with Crippen LogP contribution in [0, 0.1) is 0 Å². The van der Waals surface area contributed by atoms with Crippen LogP contribution in [-0.4, -0.2) is 18.4 Å². The third-order valence-corrected chi connectivity index (χ3v) is 4.78. The summed E-state index contributed by atoms with van der Waals surface area (Å²) in [5.74, 6) is -0.647. The van der Waals surface area contributed by atoms with Gasteiger partial charge in [-0.3, -0.25) is 9.59 Å². The Hall–Kier alpha value is -2.42. The molecule has 0 aliphatic rings. The number of unbranched alkanes of at least 4 members (excludes halogenated alkanes) is 5. The number of ketones is 1. The maximum atomic E-state index is 12.6. The lowest BCUT2D eigenvalue weighted by atomic mass is 9.96. The van der Waals surface area contributed by atoms with Crippen LogP contribution in [0.15, 0.2) is 54.6 Å². The third-order valence-electron chi connectivity index (χ3n) is 4.78. The highest BCUT2D eigenvalue weighted by Gasteiger charge is 2.18. The summed E-state index contributed by atoms with van der Waals surface area (Å²) < 4.78 is 5.43. The molecule has 1 atom stereocenters. The SMILES string of the molecule is CCCCCCCCOC(=O)C(C)c1cccc(C(=O)c2ccccc2)c1. The van der Waals surface area contributed by atoms with Gasteiger partial charge in [-0.25, -0.2) is 0 Å². The topological polar surface area (TPSA) is 43.4 Å². The van der Waals surface area contributed by atoms with Gasteiger partial charge in [0.05, 0.1) is 12.5 Å². The second-order valence-electron chi connectivity index (χ2n) is 6.98. The van der Waals surface area contributed by atoms with Gasteiger partial charge in [0.1, 0.15) is 0 Å². The molecule has 2 rings (SSSR count). The molecule has 0 saturated carbocycles. The summed E-state index contributed by atoms with van der Waals surface area (Å²) in [5, 5.41) is 0. The highest BCUT2D eigenvalue weighted by molar-refractivity contribution is 6.09. The van der Waals surface area contributed by atoms with E-state index in [0.29, 0.717) is 17.7 Å². The van der Waals surface area contributed by atoms with Crippen molar-refractivity contribution >= 4 is 11.8 Å². The van der Waals surface area contributed by atoms with Crippen LogP contribution in [0.25, 0.3) is 0 Å². The zero-order chi connectivity index (χ0) is 19.5. The molecule has 3 nitrogen and oxygen atoms in total. The van der Waals surface area contributed by atoms with Crippen molar-refractivity contribution in [3.8, 4) is 0 Å². The van der Waals surface area contributed by atoms with Gasteiger partial charge < -0.3 is 4.74 Å². The fourth-order valence-electron chi connectivity index (χ4n) is 3.02. The summed E-state index contributed by atoms with van der Waals surface area (Å²) in [6.07, 6.45) is 6.97. The standard InChI is InChI=1S/C24H30O3/c1-3-4-5-6-7-11-17-27-24(26)19(2)21-15-12-16-22(18-21)23(25)20-13-9-8-10-14-20/h8-10,12-16,18-19H,3-7,11,17H2,1-2H3. The lowest BCUT2D eigenvalue weighted by Crippen LogP contribution is -2.14. The van der Waals surface area contributed by atoms with E-state index in [9.17, 15) is 9.59 Å². The van der Waals surface area contributed by atoms with E-state index in [1.807, 2.05) is 37.3 Å². The minimum Gasteiger partial charge on any atom is -0.465 e. The maximum absolute atomic E-state index is 12.6. The van der Waals surface area contributed by atoms with Crippen molar-refractivity contribution in [2.75, 3.05) is 6.61 Å². The zero-order valence-corrected chi connectivity index (χ0v) is 16.4. The average molecular weight is 367 g/mol. The predicted molar refractivity (Wildman–Crippen MR) is 109 cm³/mol. The quantitative estimate of drug-likeness (QED) is 0.281. The lowest BCUT2D eigenvalue weighted by Gasteiger charge is -2.13. The van der Waals surface area contributed by atoms with Crippen molar-refractivity contribution in [3.05, 3.63) is 71.3 Å². The summed E-state index contributed by atoms with van der Waals surface area (Å²) in [6.45, 7) is 4.50. The molecule has 0 radical (unpaired) electrons. The lowest BCUT2D eigenvalue weighted by molar-refractivity contribution is -0.145. The molecular weight excluding hydrogens is 336 g/mol. The van der Waals surface area contributed by atoms with Crippen molar-refractivity contribution in [2.45, 2.75) is 58.3 Å². The van der Waals surface area contributed by atoms with Crippen LogP contribution in [0.5, 0.6) is 0 Å². The van der Waals surface area contributed by atoms with E-state index >= 15 is 0 Å². The van der Waals surface area contributed by atoms with E-state index in [4.69, 9.17) is 4.74 Å². The van der Waals surface area contributed by atoms with E-state index < -0.39 is 0 Å². The molecule has 0 bridgehead atoms. The molecule has 0 N–H and O–H groups in total. The number of esters is 1. The number of carbonyl (C=O) groups excluding carboxylic acids is 2. The van der Waals surface area contributed by atoms with Crippen LogP contribution in [-0.2, 0) is 9.53 Å². The van der Waals surface area contributed by atoms with Crippen molar-refractivity contribution < 1.29 is 14.3 Å². The molecule has 0 amide bonds. The first-order valence-electron chi connectivity index (χ1n) is 9.99. The Morgan fingerprint density at radius 2 is 1.52 bits per heavy atom. The summed E-state index contributed by atoms with van der Waals surface area (Å²) in [6, 6.07) is 16.5. The number of ether oxygens (including phenoxy) is 1. The average Bonchev–Trinajstić information content (AvgIpc) is 2.72. The van der Waals surface area contributed by atoms with E-state index in [2.05, 4.69) is 6.92 Å². The molecule has 2 aromatic carbocycles. The molecule has 2 aromatic rings. The van der Waals surface area contributed by atoms with E-state index in [-0.39, 0.29) is 17.7 Å². The number of carbonyl (C=O) groups is 2. The summed E-state index contributed by atoms with van der Waals surface area (Å²) in [5.41, 5.74) is 2.05. The molecule has 1 unspecified atom stereocenters. The molecule has 0 aliphatic heterocycles. The van der Waals surface area contributed by atoms with Gasteiger partial charge in [0.2, 0.25) is 0 Å². The van der Waals surface area contributed by atoms with Crippen molar-refractivity contribution in [1.82, 2.24) is 0 Å². The smallest absolute Gasteiger partial charge is 0.313 e. The summed E-state index contributed by atoms with van der Waals surface area (Å²) in [4.78, 5) is 24.9. The van der Waals surface area contributed by atoms with Crippen molar-refractivity contribution in [2.24, 2.45) is 0 Å². The second-order valence-corrected chi connectivity index (χ2v) is 6.98.